The van der Waals surface area contributed by atoms with Crippen molar-refractivity contribution >= 4 is 39.9 Å². The minimum Gasteiger partial charge on any atom is -0.348 e. The molecule has 0 aliphatic rings. The van der Waals surface area contributed by atoms with Crippen LogP contribution in [0.1, 0.15) is 15.9 Å². The van der Waals surface area contributed by atoms with Gasteiger partial charge in [0.25, 0.3) is 5.91 Å². The average Bonchev–Trinajstić information content (AvgIpc) is 2.52. The minimum absolute atomic E-state index is 0.213. The lowest BCUT2D eigenvalue weighted by Crippen LogP contribution is -2.23. The van der Waals surface area contributed by atoms with E-state index in [1.54, 1.807) is 18.2 Å². The van der Waals surface area contributed by atoms with E-state index in [0.29, 0.717) is 22.2 Å². The highest BCUT2D eigenvalue weighted by atomic mass is 35.5. The van der Waals surface area contributed by atoms with Crippen LogP contribution in [0.2, 0.25) is 10.0 Å². The van der Waals surface area contributed by atoms with E-state index in [0.717, 1.165) is 10.9 Å². The van der Waals surface area contributed by atoms with Gasteiger partial charge in [0, 0.05) is 11.6 Å². The molecule has 3 aromatic rings. The Morgan fingerprint density at radius 1 is 0.909 bits per heavy atom. The average molecular weight is 330 g/mol. The lowest BCUT2D eigenvalue weighted by molar-refractivity contribution is 0.0951. The van der Waals surface area contributed by atoms with Crippen molar-refractivity contribution in [1.29, 1.82) is 0 Å². The molecule has 0 atom stereocenters. The van der Waals surface area contributed by atoms with Crippen molar-refractivity contribution in [3.63, 3.8) is 0 Å². The molecule has 0 bridgehead atoms. The Morgan fingerprint density at radius 3 is 2.45 bits per heavy atom. The summed E-state index contributed by atoms with van der Waals surface area (Å²) in [4.78, 5) is 12.2. The normalized spacial score (nSPS) is 10.6. The number of amides is 1. The topological polar surface area (TPSA) is 29.1 Å². The number of carbonyl (C=O) groups excluding carboxylic acids is 1. The van der Waals surface area contributed by atoms with Gasteiger partial charge in [-0.25, -0.2) is 0 Å². The van der Waals surface area contributed by atoms with Crippen LogP contribution in [-0.2, 0) is 6.54 Å². The zero-order valence-electron chi connectivity index (χ0n) is 11.6. The van der Waals surface area contributed by atoms with E-state index < -0.39 is 0 Å². The molecule has 1 amide bonds. The number of benzene rings is 3. The molecule has 2 nitrogen and oxygen atoms in total. The third-order valence-corrected chi connectivity index (χ3v) is 3.99. The molecule has 4 heteroatoms. The summed E-state index contributed by atoms with van der Waals surface area (Å²) in [6.45, 7) is 0.447. The van der Waals surface area contributed by atoms with E-state index in [1.807, 2.05) is 24.3 Å². The van der Waals surface area contributed by atoms with Gasteiger partial charge in [-0.1, -0.05) is 59.6 Å². The van der Waals surface area contributed by atoms with Crippen LogP contribution in [0, 0.1) is 0 Å². The van der Waals surface area contributed by atoms with Crippen molar-refractivity contribution in [2.24, 2.45) is 0 Å². The predicted molar refractivity (Wildman–Crippen MR) is 91.6 cm³/mol. The summed E-state index contributed by atoms with van der Waals surface area (Å²) in [7, 11) is 0. The Bertz CT molecular complexity index is 845. The third kappa shape index (κ3) is 3.24. The quantitative estimate of drug-likeness (QED) is 0.713. The minimum atomic E-state index is -0.213. The fourth-order valence-electron chi connectivity index (χ4n) is 2.30. The molecule has 0 saturated heterocycles. The van der Waals surface area contributed by atoms with Crippen LogP contribution in [0.25, 0.3) is 10.8 Å². The lowest BCUT2D eigenvalue weighted by Gasteiger charge is -2.08. The lowest BCUT2D eigenvalue weighted by atomic mass is 10.1. The van der Waals surface area contributed by atoms with Gasteiger partial charge in [0.05, 0.1) is 10.6 Å². The maximum atomic E-state index is 12.2. The van der Waals surface area contributed by atoms with E-state index in [1.165, 1.54) is 5.39 Å². The van der Waals surface area contributed by atoms with Crippen molar-refractivity contribution < 1.29 is 4.79 Å². The molecule has 3 aromatic carbocycles. The van der Waals surface area contributed by atoms with Crippen molar-refractivity contribution in [1.82, 2.24) is 5.32 Å². The van der Waals surface area contributed by atoms with Gasteiger partial charge >= 0.3 is 0 Å². The van der Waals surface area contributed by atoms with Crippen LogP contribution in [0.5, 0.6) is 0 Å². The Morgan fingerprint density at radius 2 is 1.68 bits per heavy atom. The molecule has 1 N–H and O–H groups in total. The molecular formula is C18H13Cl2NO. The monoisotopic (exact) mass is 329 g/mol. The largest absolute Gasteiger partial charge is 0.348 e. The highest BCUT2D eigenvalue weighted by Gasteiger charge is 2.10. The van der Waals surface area contributed by atoms with E-state index in [4.69, 9.17) is 23.2 Å². The molecule has 0 heterocycles. The summed E-state index contributed by atoms with van der Waals surface area (Å²) >= 11 is 11.9. The fourth-order valence-corrected chi connectivity index (χ4v) is 2.79. The zero-order valence-corrected chi connectivity index (χ0v) is 13.2. The molecule has 0 fully saturated rings. The molecular weight excluding hydrogens is 317 g/mol. The first-order valence-corrected chi connectivity index (χ1v) is 7.60. The van der Waals surface area contributed by atoms with Gasteiger partial charge < -0.3 is 5.32 Å². The first kappa shape index (κ1) is 14.9. The first-order chi connectivity index (χ1) is 10.6. The Balaban J connectivity index is 1.74. The molecule has 0 unspecified atom stereocenters. The van der Waals surface area contributed by atoms with Crippen LogP contribution in [-0.4, -0.2) is 5.91 Å². The van der Waals surface area contributed by atoms with Crippen LogP contribution in [0.3, 0.4) is 0 Å². The standard InChI is InChI=1S/C18H13Cl2NO/c19-15-7-8-16(17(20)10-15)18(22)21-11-12-5-6-13-3-1-2-4-14(13)9-12/h1-10H,11H2,(H,21,22). The number of carbonyl (C=O) groups is 1. The fraction of sp³-hybridized carbons (Fsp3) is 0.0556. The maximum Gasteiger partial charge on any atom is 0.253 e. The van der Waals surface area contributed by atoms with Gasteiger partial charge in [-0.05, 0) is 40.6 Å². The number of rotatable bonds is 3. The van der Waals surface area contributed by atoms with Gasteiger partial charge in [-0.3, -0.25) is 4.79 Å². The SMILES string of the molecule is O=C(NCc1ccc2ccccc2c1)c1ccc(Cl)cc1Cl. The molecule has 0 aliphatic carbocycles. The molecule has 110 valence electrons. The summed E-state index contributed by atoms with van der Waals surface area (Å²) < 4.78 is 0. The molecule has 0 saturated carbocycles. The zero-order chi connectivity index (χ0) is 15.5. The van der Waals surface area contributed by atoms with Crippen LogP contribution in [0.4, 0.5) is 0 Å². The Labute approximate surface area is 138 Å². The number of halogens is 2. The van der Waals surface area contributed by atoms with E-state index >= 15 is 0 Å². The second kappa shape index (κ2) is 6.39. The Kier molecular flexibility index (Phi) is 4.32. The van der Waals surface area contributed by atoms with Gasteiger partial charge in [0.2, 0.25) is 0 Å². The highest BCUT2D eigenvalue weighted by molar-refractivity contribution is 6.36. The number of nitrogens with one attached hydrogen (secondary N) is 1. The van der Waals surface area contributed by atoms with Crippen molar-refractivity contribution in [2.45, 2.75) is 6.54 Å². The summed E-state index contributed by atoms with van der Waals surface area (Å²) in [5, 5.41) is 6.07. The number of fused-ring (bicyclic) bond motifs is 1. The number of hydrogen-bond donors (Lipinski definition) is 1. The molecule has 0 spiro atoms. The Hall–Kier alpha value is -2.03. The summed E-state index contributed by atoms with van der Waals surface area (Å²) in [6, 6.07) is 19.1. The van der Waals surface area contributed by atoms with Gasteiger partial charge in [-0.15, -0.1) is 0 Å². The van der Waals surface area contributed by atoms with Crippen LogP contribution < -0.4 is 5.32 Å². The summed E-state index contributed by atoms with van der Waals surface area (Å²) in [5.74, 6) is -0.213. The van der Waals surface area contributed by atoms with Crippen molar-refractivity contribution in [2.75, 3.05) is 0 Å². The van der Waals surface area contributed by atoms with E-state index in [-0.39, 0.29) is 5.91 Å². The molecule has 3 rings (SSSR count). The van der Waals surface area contributed by atoms with Gasteiger partial charge in [0.15, 0.2) is 0 Å². The maximum absolute atomic E-state index is 12.2. The number of hydrogen-bond acceptors (Lipinski definition) is 1. The van der Waals surface area contributed by atoms with Gasteiger partial charge in [0.1, 0.15) is 0 Å². The third-order valence-electron chi connectivity index (χ3n) is 3.44. The van der Waals surface area contributed by atoms with E-state index in [2.05, 4.69) is 23.5 Å². The summed E-state index contributed by atoms with van der Waals surface area (Å²) in [6.07, 6.45) is 0. The first-order valence-electron chi connectivity index (χ1n) is 6.84. The van der Waals surface area contributed by atoms with Crippen LogP contribution in [0.15, 0.2) is 60.7 Å². The van der Waals surface area contributed by atoms with Crippen molar-refractivity contribution in [3.05, 3.63) is 81.8 Å². The smallest absolute Gasteiger partial charge is 0.253 e. The van der Waals surface area contributed by atoms with Crippen LogP contribution >= 0.6 is 23.2 Å². The molecule has 0 aromatic heterocycles. The second-order valence-corrected chi connectivity index (χ2v) is 5.83. The van der Waals surface area contributed by atoms with Crippen molar-refractivity contribution in [3.8, 4) is 0 Å². The highest BCUT2D eigenvalue weighted by Crippen LogP contribution is 2.21. The van der Waals surface area contributed by atoms with E-state index in [9.17, 15) is 4.79 Å². The predicted octanol–water partition coefficient (Wildman–Crippen LogP) is 5.08. The van der Waals surface area contributed by atoms with Gasteiger partial charge in [-0.2, -0.15) is 0 Å². The summed E-state index contributed by atoms with van der Waals surface area (Å²) in [5.41, 5.74) is 1.46. The molecule has 22 heavy (non-hydrogen) atoms. The second-order valence-electron chi connectivity index (χ2n) is 4.99. The molecule has 0 aliphatic heterocycles. The molecule has 0 radical (unpaired) electrons.